The van der Waals surface area contributed by atoms with Crippen LogP contribution in [0.4, 0.5) is 5.69 Å². The van der Waals surface area contributed by atoms with Crippen molar-refractivity contribution >= 4 is 29.3 Å². The summed E-state index contributed by atoms with van der Waals surface area (Å²) in [5.41, 5.74) is 1.14. The van der Waals surface area contributed by atoms with Crippen molar-refractivity contribution < 1.29 is 14.3 Å². The third-order valence-electron chi connectivity index (χ3n) is 3.51. The molecule has 7 nitrogen and oxygen atoms in total. The van der Waals surface area contributed by atoms with Crippen molar-refractivity contribution in [3.05, 3.63) is 51.9 Å². The van der Waals surface area contributed by atoms with E-state index in [0.717, 1.165) is 36.7 Å². The fourth-order valence-electron chi connectivity index (χ4n) is 2.24. The Bertz CT molecular complexity index is 835. The van der Waals surface area contributed by atoms with E-state index >= 15 is 0 Å². The van der Waals surface area contributed by atoms with E-state index in [1.165, 1.54) is 13.2 Å². The van der Waals surface area contributed by atoms with Gasteiger partial charge in [0.2, 0.25) is 5.91 Å². The SMILES string of the molecule is CCCCc1cc(=O)[nH]c(SCC(=O)Nc2ccccc2C(=O)OC)n1. The molecule has 2 aromatic rings. The maximum Gasteiger partial charge on any atom is 0.339 e. The number of anilines is 1. The minimum Gasteiger partial charge on any atom is -0.465 e. The molecule has 0 radical (unpaired) electrons. The lowest BCUT2D eigenvalue weighted by atomic mass is 10.2. The third-order valence-corrected chi connectivity index (χ3v) is 4.38. The average Bonchev–Trinajstić information content (AvgIpc) is 2.64. The summed E-state index contributed by atoms with van der Waals surface area (Å²) in [6.45, 7) is 2.07. The smallest absolute Gasteiger partial charge is 0.339 e. The molecule has 0 aliphatic rings. The predicted molar refractivity (Wildman–Crippen MR) is 101 cm³/mol. The second kappa shape index (κ2) is 9.76. The topological polar surface area (TPSA) is 101 Å². The van der Waals surface area contributed by atoms with Crippen LogP contribution in [0.1, 0.15) is 35.8 Å². The molecule has 26 heavy (non-hydrogen) atoms. The molecule has 2 rings (SSSR count). The molecule has 0 bridgehead atoms. The van der Waals surface area contributed by atoms with E-state index in [9.17, 15) is 14.4 Å². The predicted octanol–water partition coefficient (Wildman–Crippen LogP) is 2.63. The second-order valence-electron chi connectivity index (χ2n) is 5.52. The number of unbranched alkanes of at least 4 members (excludes halogenated alkanes) is 1. The summed E-state index contributed by atoms with van der Waals surface area (Å²) in [7, 11) is 1.28. The van der Waals surface area contributed by atoms with Crippen molar-refractivity contribution in [2.75, 3.05) is 18.2 Å². The first-order chi connectivity index (χ1) is 12.5. The Balaban J connectivity index is 2.01. The Morgan fingerprint density at radius 1 is 1.31 bits per heavy atom. The number of para-hydroxylation sites is 1. The molecule has 0 saturated carbocycles. The van der Waals surface area contributed by atoms with E-state index in [4.69, 9.17) is 4.74 Å². The molecule has 1 aromatic heterocycles. The van der Waals surface area contributed by atoms with Gasteiger partial charge < -0.3 is 15.0 Å². The highest BCUT2D eigenvalue weighted by Crippen LogP contribution is 2.18. The number of hydrogen-bond acceptors (Lipinski definition) is 6. The number of aromatic nitrogens is 2. The first-order valence-corrected chi connectivity index (χ1v) is 9.22. The van der Waals surface area contributed by atoms with Crippen molar-refractivity contribution in [2.24, 2.45) is 0 Å². The van der Waals surface area contributed by atoms with Gasteiger partial charge in [-0.15, -0.1) is 0 Å². The van der Waals surface area contributed by atoms with Gasteiger partial charge in [0.05, 0.1) is 24.1 Å². The van der Waals surface area contributed by atoms with Crippen molar-refractivity contribution in [3.63, 3.8) is 0 Å². The number of methoxy groups -OCH3 is 1. The minimum absolute atomic E-state index is 0.0513. The molecular formula is C18H21N3O4S. The highest BCUT2D eigenvalue weighted by Gasteiger charge is 2.14. The van der Waals surface area contributed by atoms with Crippen molar-refractivity contribution in [1.82, 2.24) is 9.97 Å². The van der Waals surface area contributed by atoms with E-state index in [0.29, 0.717) is 10.8 Å². The minimum atomic E-state index is -0.525. The Kier molecular flexibility index (Phi) is 7.40. The van der Waals surface area contributed by atoms with Crippen molar-refractivity contribution in [1.29, 1.82) is 0 Å². The summed E-state index contributed by atoms with van der Waals surface area (Å²) in [4.78, 5) is 42.6. The zero-order valence-corrected chi connectivity index (χ0v) is 15.5. The van der Waals surface area contributed by atoms with Crippen molar-refractivity contribution in [2.45, 2.75) is 31.3 Å². The highest BCUT2D eigenvalue weighted by atomic mass is 32.2. The Morgan fingerprint density at radius 3 is 2.81 bits per heavy atom. The van der Waals surface area contributed by atoms with Crippen molar-refractivity contribution in [3.8, 4) is 0 Å². The lowest BCUT2D eigenvalue weighted by Gasteiger charge is -2.09. The Morgan fingerprint density at radius 2 is 2.08 bits per heavy atom. The molecule has 0 aliphatic heterocycles. The normalized spacial score (nSPS) is 10.4. The van der Waals surface area contributed by atoms with Gasteiger partial charge >= 0.3 is 5.97 Å². The van der Waals surface area contributed by atoms with Gasteiger partial charge in [-0.3, -0.25) is 9.59 Å². The summed E-state index contributed by atoms with van der Waals surface area (Å²) < 4.78 is 4.70. The molecule has 1 heterocycles. The van der Waals surface area contributed by atoms with E-state index in [2.05, 4.69) is 22.2 Å². The summed E-state index contributed by atoms with van der Waals surface area (Å²) in [6.07, 6.45) is 2.69. The van der Waals surface area contributed by atoms with Crippen LogP contribution in [0, 0.1) is 0 Å². The van der Waals surface area contributed by atoms with E-state index in [-0.39, 0.29) is 22.8 Å². The lowest BCUT2D eigenvalue weighted by molar-refractivity contribution is -0.113. The number of ether oxygens (including phenoxy) is 1. The largest absolute Gasteiger partial charge is 0.465 e. The van der Waals surface area contributed by atoms with Crippen LogP contribution in [0.2, 0.25) is 0 Å². The number of aryl methyl sites for hydroxylation is 1. The first-order valence-electron chi connectivity index (χ1n) is 8.23. The fourth-order valence-corrected chi connectivity index (χ4v) is 2.93. The molecule has 2 N–H and O–H groups in total. The molecule has 1 amide bonds. The van der Waals surface area contributed by atoms with E-state index < -0.39 is 5.97 Å². The van der Waals surface area contributed by atoms with Gasteiger partial charge in [0.25, 0.3) is 5.56 Å². The molecule has 8 heteroatoms. The number of hydrogen-bond donors (Lipinski definition) is 2. The van der Waals surface area contributed by atoms with Crippen LogP contribution in [0.3, 0.4) is 0 Å². The van der Waals surface area contributed by atoms with Crippen LogP contribution in [0.15, 0.2) is 40.3 Å². The van der Waals surface area contributed by atoms with E-state index in [1.54, 1.807) is 24.3 Å². The summed E-state index contributed by atoms with van der Waals surface area (Å²) in [5, 5.41) is 3.08. The molecule has 0 spiro atoms. The summed E-state index contributed by atoms with van der Waals surface area (Å²) in [5.74, 6) is -0.786. The zero-order valence-electron chi connectivity index (χ0n) is 14.7. The first kappa shape index (κ1) is 19.7. The number of aromatic amines is 1. The number of benzene rings is 1. The van der Waals surface area contributed by atoms with Crippen LogP contribution in [0.5, 0.6) is 0 Å². The van der Waals surface area contributed by atoms with Gasteiger partial charge in [-0.25, -0.2) is 9.78 Å². The summed E-state index contributed by atoms with van der Waals surface area (Å²) >= 11 is 1.13. The average molecular weight is 375 g/mol. The Labute approximate surface area is 155 Å². The summed E-state index contributed by atoms with van der Waals surface area (Å²) in [6, 6.07) is 8.08. The van der Waals surface area contributed by atoms with Crippen LogP contribution in [-0.2, 0) is 16.0 Å². The van der Waals surface area contributed by atoms with Gasteiger partial charge in [0.1, 0.15) is 0 Å². The molecule has 0 unspecified atom stereocenters. The number of carbonyl (C=O) groups is 2. The molecule has 0 aliphatic carbocycles. The van der Waals surface area contributed by atoms with Crippen LogP contribution in [0.25, 0.3) is 0 Å². The number of H-pyrrole nitrogens is 1. The zero-order chi connectivity index (χ0) is 18.9. The van der Waals surface area contributed by atoms with Crippen LogP contribution in [-0.4, -0.2) is 34.7 Å². The number of esters is 1. The lowest BCUT2D eigenvalue weighted by Crippen LogP contribution is -2.18. The highest BCUT2D eigenvalue weighted by molar-refractivity contribution is 7.99. The molecular weight excluding hydrogens is 354 g/mol. The van der Waals surface area contributed by atoms with Crippen LogP contribution >= 0.6 is 11.8 Å². The monoisotopic (exact) mass is 375 g/mol. The van der Waals surface area contributed by atoms with Gasteiger partial charge in [-0.2, -0.15) is 0 Å². The fraction of sp³-hybridized carbons (Fsp3) is 0.333. The Hall–Kier alpha value is -2.61. The molecule has 138 valence electrons. The molecule has 0 saturated heterocycles. The van der Waals surface area contributed by atoms with Gasteiger partial charge in [0.15, 0.2) is 5.16 Å². The molecule has 1 aromatic carbocycles. The number of rotatable bonds is 8. The van der Waals surface area contributed by atoms with Gasteiger partial charge in [-0.05, 0) is 25.0 Å². The van der Waals surface area contributed by atoms with Crippen LogP contribution < -0.4 is 10.9 Å². The second-order valence-corrected chi connectivity index (χ2v) is 6.48. The quantitative estimate of drug-likeness (QED) is 0.418. The maximum atomic E-state index is 12.2. The van der Waals surface area contributed by atoms with E-state index in [1.807, 2.05) is 0 Å². The number of nitrogens with zero attached hydrogens (tertiary/aromatic N) is 1. The number of amides is 1. The standard InChI is InChI=1S/C18H21N3O4S/c1-3-4-7-12-10-15(22)21-18(19-12)26-11-16(23)20-14-9-6-5-8-13(14)17(24)25-2/h5-6,8-10H,3-4,7,11H2,1-2H3,(H,20,23)(H,19,21,22). The molecule has 0 fully saturated rings. The maximum absolute atomic E-state index is 12.2. The van der Waals surface area contributed by atoms with Gasteiger partial charge in [-0.1, -0.05) is 37.2 Å². The number of carbonyl (C=O) groups excluding carboxylic acids is 2. The third kappa shape index (κ3) is 5.73. The number of nitrogens with one attached hydrogen (secondary N) is 2. The number of thioether (sulfide) groups is 1. The van der Waals surface area contributed by atoms with Gasteiger partial charge in [0, 0.05) is 11.8 Å². The molecule has 0 atom stereocenters.